The maximum atomic E-state index is 12.6. The molecule has 190 valence electrons. The molecule has 1 unspecified atom stereocenters. The molecule has 3 heterocycles. The van der Waals surface area contributed by atoms with Gasteiger partial charge in [-0.1, -0.05) is 12.5 Å². The van der Waals surface area contributed by atoms with Gasteiger partial charge in [0.2, 0.25) is 0 Å². The van der Waals surface area contributed by atoms with E-state index in [0.29, 0.717) is 24.4 Å². The highest BCUT2D eigenvalue weighted by Crippen LogP contribution is 2.43. The van der Waals surface area contributed by atoms with Gasteiger partial charge in [-0.3, -0.25) is 14.7 Å². The van der Waals surface area contributed by atoms with Gasteiger partial charge in [0.1, 0.15) is 5.82 Å². The topological polar surface area (TPSA) is 118 Å². The van der Waals surface area contributed by atoms with E-state index < -0.39 is 23.6 Å². The van der Waals surface area contributed by atoms with Crippen molar-refractivity contribution in [3.8, 4) is 0 Å². The van der Waals surface area contributed by atoms with Gasteiger partial charge >= 0.3 is 12.1 Å². The number of carboxylic acid groups (broad SMARTS) is 1. The van der Waals surface area contributed by atoms with Gasteiger partial charge in [-0.05, 0) is 70.2 Å². The predicted octanol–water partition coefficient (Wildman–Crippen LogP) is 4.41. The van der Waals surface area contributed by atoms with Crippen molar-refractivity contribution in [2.24, 2.45) is 5.92 Å². The van der Waals surface area contributed by atoms with Crippen LogP contribution in [0, 0.1) is 5.92 Å². The first-order valence-corrected chi connectivity index (χ1v) is 12.5. The van der Waals surface area contributed by atoms with Crippen LogP contribution in [0.4, 0.5) is 10.5 Å². The summed E-state index contributed by atoms with van der Waals surface area (Å²) in [6.07, 6.45) is 5.39. The second-order valence-electron chi connectivity index (χ2n) is 10.1. The van der Waals surface area contributed by atoms with E-state index in [-0.39, 0.29) is 12.1 Å². The number of aliphatic carboxylic acids is 1. The first-order valence-electron chi connectivity index (χ1n) is 12.5. The number of amides is 1. The van der Waals surface area contributed by atoms with Gasteiger partial charge in [-0.25, -0.2) is 9.78 Å². The van der Waals surface area contributed by atoms with Gasteiger partial charge in [0.05, 0.1) is 35.4 Å². The van der Waals surface area contributed by atoms with Crippen molar-refractivity contribution >= 4 is 28.8 Å². The number of hydrogen-bond donors (Lipinski definition) is 2. The number of ether oxygens (including phenoxy) is 1. The number of fused-ring (bicyclic) bond motifs is 3. The van der Waals surface area contributed by atoms with E-state index >= 15 is 0 Å². The number of anilines is 1. The number of carbonyl (C=O) groups excluding carboxylic acids is 1. The van der Waals surface area contributed by atoms with Crippen molar-refractivity contribution in [3.63, 3.8) is 0 Å². The molecule has 36 heavy (non-hydrogen) atoms. The maximum absolute atomic E-state index is 12.6. The Kier molecular flexibility index (Phi) is 6.20. The Balaban J connectivity index is 1.73. The van der Waals surface area contributed by atoms with Crippen molar-refractivity contribution in [1.29, 1.82) is 0 Å². The van der Waals surface area contributed by atoms with Crippen LogP contribution < -0.4 is 4.90 Å². The first kappa shape index (κ1) is 24.2. The molecule has 1 amide bonds. The van der Waals surface area contributed by atoms with Crippen LogP contribution in [0.25, 0.3) is 11.0 Å². The van der Waals surface area contributed by atoms with Crippen molar-refractivity contribution in [2.45, 2.75) is 70.1 Å². The normalized spacial score (nSPS) is 23.7. The minimum absolute atomic E-state index is 0.0183. The lowest BCUT2D eigenvalue weighted by Crippen LogP contribution is -2.42. The number of benzene rings is 1. The molecular weight excluding hydrogens is 460 g/mol. The third-order valence-electron chi connectivity index (χ3n) is 7.79. The van der Waals surface area contributed by atoms with Crippen LogP contribution in [0.1, 0.15) is 69.1 Å². The number of pyridine rings is 1. The molecule has 9 nitrogen and oxygen atoms in total. The van der Waals surface area contributed by atoms with Gasteiger partial charge in [-0.2, -0.15) is 0 Å². The molecule has 2 N–H and O–H groups in total. The average molecular weight is 493 g/mol. The number of rotatable bonds is 4. The third-order valence-corrected chi connectivity index (χ3v) is 7.79. The van der Waals surface area contributed by atoms with Crippen molar-refractivity contribution < 1.29 is 24.5 Å². The summed E-state index contributed by atoms with van der Waals surface area (Å²) in [6.45, 7) is 3.67. The van der Waals surface area contributed by atoms with E-state index in [0.717, 1.165) is 48.0 Å². The Hall–Kier alpha value is -3.46. The molecule has 5 rings (SSSR count). The fourth-order valence-corrected chi connectivity index (χ4v) is 5.88. The molecule has 1 fully saturated rings. The van der Waals surface area contributed by atoms with Crippen LogP contribution in [0.2, 0.25) is 0 Å². The van der Waals surface area contributed by atoms with E-state index in [4.69, 9.17) is 9.72 Å². The molecule has 1 aliphatic heterocycles. The second-order valence-corrected chi connectivity index (χ2v) is 10.1. The summed E-state index contributed by atoms with van der Waals surface area (Å²) in [6, 6.07) is 9.07. The van der Waals surface area contributed by atoms with E-state index in [9.17, 15) is 19.8 Å². The SMILES string of the molecule is COC(=O)N1c2ccc3c(nc(C(C)(O)c4ccccn4)n3[C@@H]3CCC[C@@H](C(=O)O)C3)c2CC[C@@H]1C. The fourth-order valence-electron chi connectivity index (χ4n) is 5.88. The summed E-state index contributed by atoms with van der Waals surface area (Å²) in [5.74, 6) is -0.798. The number of aromatic nitrogens is 3. The molecule has 0 saturated heterocycles. The Morgan fingerprint density at radius 1 is 1.17 bits per heavy atom. The molecule has 2 aromatic heterocycles. The Morgan fingerprint density at radius 3 is 2.67 bits per heavy atom. The standard InChI is InChI=1S/C27H32N4O5/c1-16-10-11-19-20(30(16)26(34)36-3)12-13-21-23(19)29-25(27(2,35)22-9-4-5-14-28-22)31(21)18-8-6-7-17(15-18)24(32)33/h4-5,9,12-14,16-18,35H,6-8,10-11,15H2,1-3H3,(H,32,33)/t16-,17+,18+,27?/m0/s1. The summed E-state index contributed by atoms with van der Waals surface area (Å²) in [4.78, 5) is 35.5. The lowest BCUT2D eigenvalue weighted by molar-refractivity contribution is -0.143. The molecule has 9 heteroatoms. The highest BCUT2D eigenvalue weighted by atomic mass is 16.5. The van der Waals surface area contributed by atoms with E-state index in [1.807, 2.05) is 29.7 Å². The van der Waals surface area contributed by atoms with Crippen molar-refractivity contribution in [1.82, 2.24) is 14.5 Å². The largest absolute Gasteiger partial charge is 0.481 e. The first-order chi connectivity index (χ1) is 17.2. The van der Waals surface area contributed by atoms with Crippen molar-refractivity contribution in [2.75, 3.05) is 12.0 Å². The Bertz CT molecular complexity index is 1300. The zero-order valence-electron chi connectivity index (χ0n) is 20.8. The monoisotopic (exact) mass is 492 g/mol. The summed E-state index contributed by atoms with van der Waals surface area (Å²) < 4.78 is 7.08. The smallest absolute Gasteiger partial charge is 0.414 e. The maximum Gasteiger partial charge on any atom is 0.414 e. The molecule has 3 aromatic rings. The van der Waals surface area contributed by atoms with Gasteiger partial charge in [0.25, 0.3) is 0 Å². The van der Waals surface area contributed by atoms with Crippen molar-refractivity contribution in [3.05, 3.63) is 53.6 Å². The highest BCUT2D eigenvalue weighted by molar-refractivity contribution is 5.95. The number of imidazole rings is 1. The number of nitrogens with zero attached hydrogens (tertiary/aromatic N) is 4. The number of aryl methyl sites for hydroxylation is 1. The number of methoxy groups -OCH3 is 1. The Morgan fingerprint density at radius 2 is 1.97 bits per heavy atom. The number of carbonyl (C=O) groups is 2. The summed E-state index contributed by atoms with van der Waals surface area (Å²) >= 11 is 0. The molecule has 0 radical (unpaired) electrons. The summed E-state index contributed by atoms with van der Waals surface area (Å²) in [7, 11) is 1.38. The summed E-state index contributed by atoms with van der Waals surface area (Å²) in [5.41, 5.74) is 2.19. The van der Waals surface area contributed by atoms with Crippen LogP contribution >= 0.6 is 0 Å². The van der Waals surface area contributed by atoms with Crippen LogP contribution in [-0.4, -0.2) is 50.0 Å². The molecule has 1 aliphatic carbocycles. The molecule has 0 bridgehead atoms. The van der Waals surface area contributed by atoms with E-state index in [1.54, 1.807) is 30.2 Å². The predicted molar refractivity (Wildman–Crippen MR) is 134 cm³/mol. The van der Waals surface area contributed by atoms with Gasteiger partial charge < -0.3 is 19.5 Å². The summed E-state index contributed by atoms with van der Waals surface area (Å²) in [5, 5.41) is 21.6. The van der Waals surface area contributed by atoms with Crippen LogP contribution in [0.15, 0.2) is 36.5 Å². The quantitative estimate of drug-likeness (QED) is 0.554. The van der Waals surface area contributed by atoms with Crippen LogP contribution in [0.5, 0.6) is 0 Å². The molecule has 1 saturated carbocycles. The number of carboxylic acids is 1. The molecule has 0 spiro atoms. The third kappa shape index (κ3) is 3.91. The lowest BCUT2D eigenvalue weighted by atomic mass is 9.85. The fraction of sp³-hybridized carbons (Fsp3) is 0.481. The minimum Gasteiger partial charge on any atom is -0.481 e. The number of aliphatic hydroxyl groups is 1. The highest BCUT2D eigenvalue weighted by Gasteiger charge is 2.39. The zero-order valence-corrected chi connectivity index (χ0v) is 20.8. The van der Waals surface area contributed by atoms with Gasteiger partial charge in [-0.15, -0.1) is 0 Å². The van der Waals surface area contributed by atoms with Crippen LogP contribution in [0.3, 0.4) is 0 Å². The average Bonchev–Trinajstić information content (AvgIpc) is 3.29. The molecule has 1 aromatic carbocycles. The van der Waals surface area contributed by atoms with E-state index in [1.165, 1.54) is 7.11 Å². The molecular formula is C27H32N4O5. The van der Waals surface area contributed by atoms with Gasteiger partial charge in [0.15, 0.2) is 5.60 Å². The van der Waals surface area contributed by atoms with E-state index in [2.05, 4.69) is 4.98 Å². The van der Waals surface area contributed by atoms with Crippen LogP contribution in [-0.2, 0) is 21.6 Å². The zero-order chi connectivity index (χ0) is 25.6. The molecule has 2 aliphatic rings. The molecule has 4 atom stereocenters. The lowest BCUT2D eigenvalue weighted by Gasteiger charge is -2.34. The Labute approximate surface area is 209 Å². The van der Waals surface area contributed by atoms with Gasteiger partial charge in [0, 0.05) is 23.8 Å². The second kappa shape index (κ2) is 9.20. The number of hydrogen-bond acceptors (Lipinski definition) is 6. The minimum atomic E-state index is -1.51.